The van der Waals surface area contributed by atoms with Gasteiger partial charge in [-0.2, -0.15) is 5.26 Å². The Kier molecular flexibility index (Phi) is 7.59. The van der Waals surface area contributed by atoms with E-state index < -0.39 is 11.9 Å². The van der Waals surface area contributed by atoms with Gasteiger partial charge < -0.3 is 15.4 Å². The van der Waals surface area contributed by atoms with Crippen LogP contribution in [0.3, 0.4) is 0 Å². The van der Waals surface area contributed by atoms with Gasteiger partial charge in [-0.1, -0.05) is 46.3 Å². The molecule has 0 fully saturated rings. The third kappa shape index (κ3) is 5.69. The van der Waals surface area contributed by atoms with Crippen molar-refractivity contribution in [2.45, 2.75) is 13.5 Å². The number of rotatable bonds is 7. The largest absolute Gasteiger partial charge is 0.462 e. The van der Waals surface area contributed by atoms with Crippen molar-refractivity contribution in [2.75, 3.05) is 11.9 Å². The van der Waals surface area contributed by atoms with E-state index in [-0.39, 0.29) is 23.4 Å². The number of halogens is 1. The van der Waals surface area contributed by atoms with Crippen LogP contribution in [0.1, 0.15) is 22.8 Å². The van der Waals surface area contributed by atoms with Gasteiger partial charge in [0.15, 0.2) is 0 Å². The predicted molar refractivity (Wildman–Crippen MR) is 106 cm³/mol. The second-order valence-electron chi connectivity index (χ2n) is 5.36. The summed E-state index contributed by atoms with van der Waals surface area (Å²) in [5.74, 6) is -1.16. The van der Waals surface area contributed by atoms with E-state index in [1.54, 1.807) is 31.2 Å². The van der Waals surface area contributed by atoms with Gasteiger partial charge in [0.2, 0.25) is 0 Å². The number of hydrogen-bond donors (Lipinski definition) is 2. The highest BCUT2D eigenvalue weighted by molar-refractivity contribution is 9.10. The standard InChI is InChI=1S/C20H18BrN3O3/c1-2-27-20(26)16-8-4-6-10-18(16)24-19(25)15(11-22)13-23-12-14-7-3-5-9-17(14)21/h3-10,13,23H,2,12H2,1H3,(H,24,25)/b15-13-. The van der Waals surface area contributed by atoms with Crippen molar-refractivity contribution in [1.82, 2.24) is 5.32 Å². The van der Waals surface area contributed by atoms with Gasteiger partial charge in [0.25, 0.3) is 5.91 Å². The van der Waals surface area contributed by atoms with E-state index in [1.165, 1.54) is 6.20 Å². The molecule has 2 aromatic carbocycles. The quantitative estimate of drug-likeness (QED) is 0.398. The average Bonchev–Trinajstić information content (AvgIpc) is 2.67. The van der Waals surface area contributed by atoms with E-state index in [4.69, 9.17) is 4.74 Å². The molecule has 1 amide bonds. The zero-order valence-electron chi connectivity index (χ0n) is 14.7. The van der Waals surface area contributed by atoms with Crippen molar-refractivity contribution in [3.05, 3.63) is 75.9 Å². The lowest BCUT2D eigenvalue weighted by atomic mass is 10.1. The number of benzene rings is 2. The Bertz CT molecular complexity index is 903. The Morgan fingerprint density at radius 1 is 1.19 bits per heavy atom. The molecule has 0 saturated carbocycles. The molecule has 0 unspecified atom stereocenters. The van der Waals surface area contributed by atoms with E-state index >= 15 is 0 Å². The van der Waals surface area contributed by atoms with Gasteiger partial charge in [0, 0.05) is 17.2 Å². The Hall–Kier alpha value is -3.11. The van der Waals surface area contributed by atoms with Crippen LogP contribution in [0.2, 0.25) is 0 Å². The normalized spacial score (nSPS) is 10.6. The van der Waals surface area contributed by atoms with Crippen LogP contribution < -0.4 is 10.6 Å². The van der Waals surface area contributed by atoms with Gasteiger partial charge in [-0.15, -0.1) is 0 Å². The van der Waals surface area contributed by atoms with Crippen LogP contribution in [0.5, 0.6) is 0 Å². The van der Waals surface area contributed by atoms with Crippen LogP contribution in [0.4, 0.5) is 5.69 Å². The monoisotopic (exact) mass is 427 g/mol. The van der Waals surface area contributed by atoms with Gasteiger partial charge in [0.05, 0.1) is 17.9 Å². The van der Waals surface area contributed by atoms with Gasteiger partial charge >= 0.3 is 5.97 Å². The first-order chi connectivity index (χ1) is 13.1. The fourth-order valence-corrected chi connectivity index (χ4v) is 2.65. The van der Waals surface area contributed by atoms with E-state index in [1.807, 2.05) is 30.3 Å². The highest BCUT2D eigenvalue weighted by atomic mass is 79.9. The summed E-state index contributed by atoms with van der Waals surface area (Å²) in [6, 6.07) is 16.0. The fraction of sp³-hybridized carbons (Fsp3) is 0.150. The maximum absolute atomic E-state index is 12.4. The minimum atomic E-state index is -0.617. The molecule has 0 aliphatic rings. The SMILES string of the molecule is CCOC(=O)c1ccccc1NC(=O)/C(C#N)=C\NCc1ccccc1Br. The molecule has 0 aliphatic carbocycles. The zero-order valence-corrected chi connectivity index (χ0v) is 16.2. The Labute approximate surface area is 166 Å². The first-order valence-corrected chi connectivity index (χ1v) is 9.00. The summed E-state index contributed by atoms with van der Waals surface area (Å²) in [4.78, 5) is 24.4. The van der Waals surface area contributed by atoms with Gasteiger partial charge in [-0.25, -0.2) is 4.79 Å². The summed E-state index contributed by atoms with van der Waals surface area (Å²) >= 11 is 3.44. The summed E-state index contributed by atoms with van der Waals surface area (Å²) in [5, 5.41) is 14.8. The average molecular weight is 428 g/mol. The molecule has 2 rings (SSSR count). The summed E-state index contributed by atoms with van der Waals surface area (Å²) in [6.45, 7) is 2.37. The molecule has 0 aromatic heterocycles. The Morgan fingerprint density at radius 2 is 1.89 bits per heavy atom. The highest BCUT2D eigenvalue weighted by Crippen LogP contribution is 2.17. The minimum absolute atomic E-state index is 0.110. The Morgan fingerprint density at radius 3 is 2.59 bits per heavy atom. The lowest BCUT2D eigenvalue weighted by Crippen LogP contribution is -2.19. The van der Waals surface area contributed by atoms with Crippen molar-refractivity contribution >= 4 is 33.5 Å². The highest BCUT2D eigenvalue weighted by Gasteiger charge is 2.16. The molecule has 0 aliphatic heterocycles. The topological polar surface area (TPSA) is 91.2 Å². The van der Waals surface area contributed by atoms with Crippen molar-refractivity contribution in [3.63, 3.8) is 0 Å². The minimum Gasteiger partial charge on any atom is -0.462 e. The molecule has 7 heteroatoms. The molecule has 2 N–H and O–H groups in total. The summed E-state index contributed by atoms with van der Waals surface area (Å²) in [6.07, 6.45) is 1.35. The van der Waals surface area contributed by atoms with Gasteiger partial charge in [-0.3, -0.25) is 4.79 Å². The number of ether oxygens (including phenoxy) is 1. The molecular formula is C20H18BrN3O3. The van der Waals surface area contributed by atoms with Gasteiger partial charge in [0.1, 0.15) is 11.6 Å². The van der Waals surface area contributed by atoms with Crippen LogP contribution in [0.25, 0.3) is 0 Å². The molecule has 138 valence electrons. The Balaban J connectivity index is 2.08. The number of anilines is 1. The van der Waals surface area contributed by atoms with Gasteiger partial charge in [-0.05, 0) is 30.7 Å². The van der Waals surface area contributed by atoms with E-state index in [2.05, 4.69) is 26.6 Å². The number of para-hydroxylation sites is 1. The lowest BCUT2D eigenvalue weighted by Gasteiger charge is -2.10. The van der Waals surface area contributed by atoms with E-state index in [0.717, 1.165) is 10.0 Å². The van der Waals surface area contributed by atoms with Crippen molar-refractivity contribution in [1.29, 1.82) is 5.26 Å². The molecule has 0 bridgehead atoms. The molecule has 0 saturated heterocycles. The smallest absolute Gasteiger partial charge is 0.340 e. The number of carbonyl (C=O) groups excluding carboxylic acids is 2. The van der Waals surface area contributed by atoms with Crippen molar-refractivity contribution < 1.29 is 14.3 Å². The molecule has 0 heterocycles. The number of hydrogen-bond acceptors (Lipinski definition) is 5. The number of carbonyl (C=O) groups is 2. The van der Waals surface area contributed by atoms with Crippen LogP contribution >= 0.6 is 15.9 Å². The molecule has 6 nitrogen and oxygen atoms in total. The first kappa shape index (κ1) is 20.2. The molecule has 0 atom stereocenters. The predicted octanol–water partition coefficient (Wildman–Crippen LogP) is 3.76. The van der Waals surface area contributed by atoms with Crippen molar-refractivity contribution in [3.8, 4) is 6.07 Å². The van der Waals surface area contributed by atoms with E-state index in [9.17, 15) is 14.9 Å². The van der Waals surface area contributed by atoms with Crippen LogP contribution in [-0.2, 0) is 16.1 Å². The van der Waals surface area contributed by atoms with E-state index in [0.29, 0.717) is 6.54 Å². The summed E-state index contributed by atoms with van der Waals surface area (Å²) in [5.41, 5.74) is 1.39. The summed E-state index contributed by atoms with van der Waals surface area (Å²) in [7, 11) is 0. The number of amides is 1. The molecule has 27 heavy (non-hydrogen) atoms. The number of nitrogens with zero attached hydrogens (tertiary/aromatic N) is 1. The third-order valence-corrected chi connectivity index (χ3v) is 4.31. The van der Waals surface area contributed by atoms with Crippen LogP contribution in [0.15, 0.2) is 64.8 Å². The molecule has 0 spiro atoms. The third-order valence-electron chi connectivity index (χ3n) is 3.53. The van der Waals surface area contributed by atoms with Crippen LogP contribution in [-0.4, -0.2) is 18.5 Å². The fourth-order valence-electron chi connectivity index (χ4n) is 2.22. The van der Waals surface area contributed by atoms with Crippen LogP contribution in [0, 0.1) is 11.3 Å². The second kappa shape index (κ2) is 10.1. The maximum Gasteiger partial charge on any atom is 0.340 e. The molecular weight excluding hydrogens is 410 g/mol. The zero-order chi connectivity index (χ0) is 19.6. The lowest BCUT2D eigenvalue weighted by molar-refractivity contribution is -0.112. The molecule has 2 aromatic rings. The maximum atomic E-state index is 12.4. The van der Waals surface area contributed by atoms with Crippen molar-refractivity contribution in [2.24, 2.45) is 0 Å². The molecule has 0 radical (unpaired) electrons. The summed E-state index contributed by atoms with van der Waals surface area (Å²) < 4.78 is 5.90. The first-order valence-electron chi connectivity index (χ1n) is 8.21. The second-order valence-corrected chi connectivity index (χ2v) is 6.22. The number of nitrogens with one attached hydrogen (secondary N) is 2. The number of nitriles is 1. The number of esters is 1.